The Balaban J connectivity index is 2.07. The zero-order valence-electron chi connectivity index (χ0n) is 11.1. The number of benzene rings is 1. The number of fused-ring (bicyclic) bond motifs is 1. The van der Waals surface area contributed by atoms with Crippen LogP contribution in [-0.4, -0.2) is 4.98 Å². The number of furan rings is 1. The van der Waals surface area contributed by atoms with Crippen molar-refractivity contribution in [1.29, 1.82) is 0 Å². The van der Waals surface area contributed by atoms with Crippen LogP contribution in [0.5, 0.6) is 0 Å². The van der Waals surface area contributed by atoms with E-state index in [2.05, 4.69) is 18.0 Å². The molecule has 3 heteroatoms. The Bertz CT molecular complexity index is 730. The largest absolute Gasteiger partial charge is 0.459 e. The highest BCUT2D eigenvalue weighted by molar-refractivity contribution is 5.78. The van der Waals surface area contributed by atoms with Crippen molar-refractivity contribution >= 4 is 11.0 Å². The Morgan fingerprint density at radius 3 is 2.79 bits per heavy atom. The molecule has 0 aliphatic carbocycles. The molecule has 1 atom stereocenters. The van der Waals surface area contributed by atoms with Crippen molar-refractivity contribution in [1.82, 2.24) is 4.98 Å². The molecular formula is C16H16N2O. The van der Waals surface area contributed by atoms with Crippen molar-refractivity contribution in [2.45, 2.75) is 19.9 Å². The van der Waals surface area contributed by atoms with Crippen LogP contribution in [-0.2, 0) is 0 Å². The van der Waals surface area contributed by atoms with Crippen molar-refractivity contribution in [3.8, 4) is 0 Å². The van der Waals surface area contributed by atoms with Gasteiger partial charge in [0.15, 0.2) is 0 Å². The molecule has 0 aliphatic heterocycles. The van der Waals surface area contributed by atoms with Crippen LogP contribution in [0, 0.1) is 13.8 Å². The van der Waals surface area contributed by atoms with Crippen molar-refractivity contribution in [2.24, 2.45) is 5.73 Å². The Kier molecular flexibility index (Phi) is 2.84. The zero-order chi connectivity index (χ0) is 13.4. The first-order chi connectivity index (χ1) is 9.15. The average Bonchev–Trinajstić information content (AvgIpc) is 2.81. The number of hydrogen-bond donors (Lipinski definition) is 1. The molecule has 0 spiro atoms. The smallest absolute Gasteiger partial charge is 0.134 e. The van der Waals surface area contributed by atoms with Crippen molar-refractivity contribution in [2.75, 3.05) is 0 Å². The van der Waals surface area contributed by atoms with Gasteiger partial charge in [0.2, 0.25) is 0 Å². The van der Waals surface area contributed by atoms with E-state index in [9.17, 15) is 0 Å². The summed E-state index contributed by atoms with van der Waals surface area (Å²) in [5, 5.41) is 1.09. The van der Waals surface area contributed by atoms with Gasteiger partial charge in [-0.05, 0) is 49.2 Å². The molecule has 3 aromatic rings. The van der Waals surface area contributed by atoms with Crippen molar-refractivity contribution in [3.05, 3.63) is 65.2 Å². The minimum atomic E-state index is -0.254. The molecule has 3 nitrogen and oxygen atoms in total. The molecule has 1 aromatic carbocycles. The Labute approximate surface area is 112 Å². The van der Waals surface area contributed by atoms with Crippen LogP contribution in [0.4, 0.5) is 0 Å². The van der Waals surface area contributed by atoms with Crippen LogP contribution in [0.3, 0.4) is 0 Å². The van der Waals surface area contributed by atoms with E-state index in [-0.39, 0.29) is 6.04 Å². The van der Waals surface area contributed by atoms with E-state index in [0.29, 0.717) is 0 Å². The van der Waals surface area contributed by atoms with Gasteiger partial charge in [-0.3, -0.25) is 4.98 Å². The molecule has 0 radical (unpaired) electrons. The van der Waals surface area contributed by atoms with Gasteiger partial charge in [-0.15, -0.1) is 0 Å². The normalized spacial score (nSPS) is 12.8. The molecule has 1 unspecified atom stereocenters. The first kappa shape index (κ1) is 11.9. The fraction of sp³-hybridized carbons (Fsp3) is 0.188. The highest BCUT2D eigenvalue weighted by Crippen LogP contribution is 2.28. The van der Waals surface area contributed by atoms with Gasteiger partial charge in [0.05, 0.1) is 6.04 Å². The molecule has 96 valence electrons. The lowest BCUT2D eigenvalue weighted by Gasteiger charge is -2.11. The molecule has 2 N–H and O–H groups in total. The molecule has 2 aromatic heterocycles. The van der Waals surface area contributed by atoms with E-state index in [4.69, 9.17) is 10.2 Å². The fourth-order valence-corrected chi connectivity index (χ4v) is 2.32. The zero-order valence-corrected chi connectivity index (χ0v) is 11.1. The maximum atomic E-state index is 6.30. The second kappa shape index (κ2) is 4.52. The third-order valence-corrected chi connectivity index (χ3v) is 3.40. The lowest BCUT2D eigenvalue weighted by Crippen LogP contribution is -2.12. The number of nitrogens with zero attached hydrogens (tertiary/aromatic N) is 1. The summed E-state index contributed by atoms with van der Waals surface area (Å²) in [6.07, 6.45) is 3.58. The third kappa shape index (κ3) is 2.13. The molecule has 0 fully saturated rings. The predicted molar refractivity (Wildman–Crippen MR) is 76.0 cm³/mol. The highest BCUT2D eigenvalue weighted by Gasteiger charge is 2.16. The SMILES string of the molecule is Cc1ccc2oc(C(N)c3ccncc3C)cc2c1. The maximum absolute atomic E-state index is 6.30. The lowest BCUT2D eigenvalue weighted by molar-refractivity contribution is 0.524. The van der Waals surface area contributed by atoms with Crippen LogP contribution < -0.4 is 5.73 Å². The molecule has 0 saturated carbocycles. The summed E-state index contributed by atoms with van der Waals surface area (Å²) in [7, 11) is 0. The van der Waals surface area contributed by atoms with Crippen LogP contribution in [0.1, 0.15) is 28.5 Å². The lowest BCUT2D eigenvalue weighted by atomic mass is 10.0. The van der Waals surface area contributed by atoms with E-state index < -0.39 is 0 Å². The van der Waals surface area contributed by atoms with Gasteiger partial charge in [-0.25, -0.2) is 0 Å². The molecule has 19 heavy (non-hydrogen) atoms. The predicted octanol–water partition coefficient (Wildman–Crippen LogP) is 3.49. The average molecular weight is 252 g/mol. The summed E-state index contributed by atoms with van der Waals surface area (Å²) < 4.78 is 5.85. The van der Waals surface area contributed by atoms with Crippen LogP contribution in [0.25, 0.3) is 11.0 Å². The van der Waals surface area contributed by atoms with Gasteiger partial charge in [0.25, 0.3) is 0 Å². The second-order valence-corrected chi connectivity index (χ2v) is 4.90. The van der Waals surface area contributed by atoms with Crippen molar-refractivity contribution < 1.29 is 4.42 Å². The van der Waals surface area contributed by atoms with Gasteiger partial charge in [0.1, 0.15) is 11.3 Å². The first-order valence-electron chi connectivity index (χ1n) is 6.31. The summed E-state index contributed by atoms with van der Waals surface area (Å²) in [4.78, 5) is 4.09. The quantitative estimate of drug-likeness (QED) is 0.759. The molecule has 0 amide bonds. The van der Waals surface area contributed by atoms with E-state index >= 15 is 0 Å². The molecule has 0 bridgehead atoms. The van der Waals surface area contributed by atoms with Gasteiger partial charge in [-0.1, -0.05) is 11.6 Å². The third-order valence-electron chi connectivity index (χ3n) is 3.40. The molecular weight excluding hydrogens is 236 g/mol. The standard InChI is InChI=1S/C16H16N2O/c1-10-3-4-14-12(7-10)8-15(19-14)16(17)13-5-6-18-9-11(13)2/h3-9,16H,17H2,1-2H3. The van der Waals surface area contributed by atoms with E-state index in [0.717, 1.165) is 27.9 Å². The monoisotopic (exact) mass is 252 g/mol. The van der Waals surface area contributed by atoms with E-state index in [1.807, 2.05) is 37.4 Å². The second-order valence-electron chi connectivity index (χ2n) is 4.90. The van der Waals surface area contributed by atoms with E-state index in [1.54, 1.807) is 6.20 Å². The number of aromatic nitrogens is 1. The Hall–Kier alpha value is -2.13. The minimum Gasteiger partial charge on any atom is -0.459 e. The van der Waals surface area contributed by atoms with Gasteiger partial charge in [0, 0.05) is 17.8 Å². The van der Waals surface area contributed by atoms with Crippen LogP contribution in [0.15, 0.2) is 47.1 Å². The summed E-state index contributed by atoms with van der Waals surface area (Å²) in [5.74, 6) is 0.787. The summed E-state index contributed by atoms with van der Waals surface area (Å²) in [6, 6.07) is 9.84. The molecule has 2 heterocycles. The van der Waals surface area contributed by atoms with Crippen LogP contribution >= 0.6 is 0 Å². The maximum Gasteiger partial charge on any atom is 0.134 e. The highest BCUT2D eigenvalue weighted by atomic mass is 16.3. The van der Waals surface area contributed by atoms with Crippen LogP contribution in [0.2, 0.25) is 0 Å². The minimum absolute atomic E-state index is 0.254. The first-order valence-corrected chi connectivity index (χ1v) is 6.31. The summed E-state index contributed by atoms with van der Waals surface area (Å²) in [6.45, 7) is 4.08. The summed E-state index contributed by atoms with van der Waals surface area (Å²) >= 11 is 0. The van der Waals surface area contributed by atoms with Gasteiger partial charge < -0.3 is 10.2 Å². The Morgan fingerprint density at radius 1 is 1.16 bits per heavy atom. The van der Waals surface area contributed by atoms with Gasteiger partial charge in [-0.2, -0.15) is 0 Å². The number of rotatable bonds is 2. The molecule has 3 rings (SSSR count). The number of hydrogen-bond acceptors (Lipinski definition) is 3. The molecule has 0 saturated heterocycles. The fourth-order valence-electron chi connectivity index (χ4n) is 2.32. The summed E-state index contributed by atoms with van der Waals surface area (Å²) in [5.41, 5.74) is 10.5. The van der Waals surface area contributed by atoms with Crippen molar-refractivity contribution in [3.63, 3.8) is 0 Å². The van der Waals surface area contributed by atoms with E-state index in [1.165, 1.54) is 5.56 Å². The number of pyridine rings is 1. The van der Waals surface area contributed by atoms with Gasteiger partial charge >= 0.3 is 0 Å². The number of nitrogens with two attached hydrogens (primary N) is 1. The topological polar surface area (TPSA) is 52.0 Å². The number of aryl methyl sites for hydroxylation is 2. The Morgan fingerprint density at radius 2 is 2.00 bits per heavy atom. The molecule has 0 aliphatic rings.